The van der Waals surface area contributed by atoms with Crippen molar-refractivity contribution in [3.63, 3.8) is 0 Å². The summed E-state index contributed by atoms with van der Waals surface area (Å²) in [6, 6.07) is 8.26. The summed E-state index contributed by atoms with van der Waals surface area (Å²) in [4.78, 5) is 6.86. The molecule has 4 heteroatoms. The Bertz CT molecular complexity index is 569. The molecule has 2 aromatic rings. The van der Waals surface area contributed by atoms with Crippen molar-refractivity contribution in [3.8, 4) is 0 Å². The minimum absolute atomic E-state index is 0.627. The lowest BCUT2D eigenvalue weighted by Gasteiger charge is -2.25. The van der Waals surface area contributed by atoms with Crippen LogP contribution >= 0.6 is 0 Å². The number of aliphatic hydroxyl groups is 1. The van der Waals surface area contributed by atoms with Crippen LogP contribution in [0.15, 0.2) is 24.3 Å². The van der Waals surface area contributed by atoms with Crippen molar-refractivity contribution in [3.05, 3.63) is 30.1 Å². The molecule has 20 heavy (non-hydrogen) atoms. The van der Waals surface area contributed by atoms with Gasteiger partial charge in [-0.1, -0.05) is 19.1 Å². The van der Waals surface area contributed by atoms with Crippen LogP contribution in [0.5, 0.6) is 0 Å². The van der Waals surface area contributed by atoms with Crippen LogP contribution < -0.4 is 0 Å². The average molecular weight is 275 g/mol. The minimum Gasteiger partial charge on any atom is -0.389 e. The largest absolute Gasteiger partial charge is 0.389 e. The third-order valence-electron chi connectivity index (χ3n) is 3.25. The van der Waals surface area contributed by atoms with Gasteiger partial charge in [0.25, 0.3) is 0 Å². The zero-order valence-corrected chi connectivity index (χ0v) is 12.9. The lowest BCUT2D eigenvalue weighted by Crippen LogP contribution is -2.36. The van der Waals surface area contributed by atoms with E-state index in [-0.39, 0.29) is 0 Å². The molecule has 0 aliphatic rings. The molecule has 0 saturated heterocycles. The number of para-hydroxylation sites is 2. The lowest BCUT2D eigenvalue weighted by atomic mass is 10.1. The minimum atomic E-state index is -0.684. The zero-order chi connectivity index (χ0) is 14.8. The first-order valence-corrected chi connectivity index (χ1v) is 7.26. The average Bonchev–Trinajstić information content (AvgIpc) is 2.66. The van der Waals surface area contributed by atoms with E-state index in [1.54, 1.807) is 0 Å². The van der Waals surface area contributed by atoms with Crippen molar-refractivity contribution in [1.82, 2.24) is 14.5 Å². The van der Waals surface area contributed by atoms with E-state index in [9.17, 15) is 5.11 Å². The SMILES string of the molecule is CCCn1c(CN(C)CC(C)(C)O)nc2ccccc21. The molecule has 0 fully saturated rings. The summed E-state index contributed by atoms with van der Waals surface area (Å²) in [6.45, 7) is 8.20. The Morgan fingerprint density at radius 3 is 2.65 bits per heavy atom. The van der Waals surface area contributed by atoms with Gasteiger partial charge in [-0.05, 0) is 39.4 Å². The monoisotopic (exact) mass is 275 g/mol. The lowest BCUT2D eigenvalue weighted by molar-refractivity contribution is 0.0415. The number of rotatable bonds is 6. The second-order valence-corrected chi connectivity index (χ2v) is 6.15. The fraction of sp³-hybridized carbons (Fsp3) is 0.562. The third kappa shape index (κ3) is 3.58. The molecule has 4 nitrogen and oxygen atoms in total. The van der Waals surface area contributed by atoms with Gasteiger partial charge < -0.3 is 9.67 Å². The number of hydrogen-bond acceptors (Lipinski definition) is 3. The fourth-order valence-corrected chi connectivity index (χ4v) is 2.68. The first-order chi connectivity index (χ1) is 9.40. The Morgan fingerprint density at radius 1 is 1.30 bits per heavy atom. The highest BCUT2D eigenvalue weighted by molar-refractivity contribution is 5.75. The van der Waals surface area contributed by atoms with Gasteiger partial charge >= 0.3 is 0 Å². The summed E-state index contributed by atoms with van der Waals surface area (Å²) >= 11 is 0. The quantitative estimate of drug-likeness (QED) is 0.881. The number of fused-ring (bicyclic) bond motifs is 1. The predicted octanol–water partition coefficient (Wildman–Crippen LogP) is 2.65. The predicted molar refractivity (Wildman–Crippen MR) is 82.7 cm³/mol. The number of benzene rings is 1. The van der Waals surface area contributed by atoms with Gasteiger partial charge in [-0.25, -0.2) is 4.98 Å². The molecular weight excluding hydrogens is 250 g/mol. The molecule has 0 bridgehead atoms. The molecular formula is C16H25N3O. The molecule has 2 rings (SSSR count). The maximum atomic E-state index is 9.91. The van der Waals surface area contributed by atoms with Crippen LogP contribution in [0.2, 0.25) is 0 Å². The molecule has 0 aliphatic carbocycles. The first kappa shape index (κ1) is 15.0. The second kappa shape index (κ2) is 5.94. The number of likely N-dealkylation sites (N-methyl/N-ethyl adjacent to an activating group) is 1. The highest BCUT2D eigenvalue weighted by Gasteiger charge is 2.18. The van der Waals surface area contributed by atoms with Gasteiger partial charge in [0.05, 0.1) is 23.2 Å². The van der Waals surface area contributed by atoms with Gasteiger partial charge in [0, 0.05) is 13.1 Å². The molecule has 1 aromatic heterocycles. The van der Waals surface area contributed by atoms with Crippen LogP contribution in [0.1, 0.15) is 33.0 Å². The van der Waals surface area contributed by atoms with Crippen LogP contribution in [0.25, 0.3) is 11.0 Å². The van der Waals surface area contributed by atoms with Crippen molar-refractivity contribution in [2.24, 2.45) is 0 Å². The van der Waals surface area contributed by atoms with E-state index in [4.69, 9.17) is 4.98 Å². The van der Waals surface area contributed by atoms with Crippen LogP contribution in [-0.2, 0) is 13.1 Å². The Labute approximate surface area is 121 Å². The molecule has 0 saturated carbocycles. The van der Waals surface area contributed by atoms with Crippen molar-refractivity contribution in [1.29, 1.82) is 0 Å². The van der Waals surface area contributed by atoms with E-state index in [0.717, 1.165) is 30.9 Å². The number of aryl methyl sites for hydroxylation is 1. The summed E-state index contributed by atoms with van der Waals surface area (Å²) in [5.41, 5.74) is 1.56. The zero-order valence-electron chi connectivity index (χ0n) is 12.9. The van der Waals surface area contributed by atoms with E-state index < -0.39 is 5.60 Å². The summed E-state index contributed by atoms with van der Waals surface area (Å²) in [6.07, 6.45) is 1.09. The number of nitrogens with zero attached hydrogens (tertiary/aromatic N) is 3. The molecule has 1 heterocycles. The van der Waals surface area contributed by atoms with Crippen molar-refractivity contribution < 1.29 is 5.11 Å². The smallest absolute Gasteiger partial charge is 0.124 e. The molecule has 1 aromatic carbocycles. The third-order valence-corrected chi connectivity index (χ3v) is 3.25. The summed E-state index contributed by atoms with van der Waals surface area (Å²) in [5, 5.41) is 9.91. The molecule has 0 radical (unpaired) electrons. The Morgan fingerprint density at radius 2 is 2.00 bits per heavy atom. The van der Waals surface area contributed by atoms with Crippen molar-refractivity contribution in [2.75, 3.05) is 13.6 Å². The van der Waals surface area contributed by atoms with Crippen LogP contribution in [0.3, 0.4) is 0 Å². The van der Waals surface area contributed by atoms with Crippen molar-refractivity contribution in [2.45, 2.75) is 45.9 Å². The molecule has 0 spiro atoms. The maximum absolute atomic E-state index is 9.91. The molecule has 0 aliphatic heterocycles. The normalized spacial score (nSPS) is 12.5. The van der Waals surface area contributed by atoms with Crippen LogP contribution in [0, 0.1) is 0 Å². The number of aromatic nitrogens is 2. The van der Waals surface area contributed by atoms with Crippen molar-refractivity contribution >= 4 is 11.0 Å². The van der Waals surface area contributed by atoms with E-state index in [0.29, 0.717) is 6.54 Å². The van der Waals surface area contributed by atoms with Gasteiger partial charge in [0.2, 0.25) is 0 Å². The van der Waals surface area contributed by atoms with Gasteiger partial charge in [0.15, 0.2) is 0 Å². The number of hydrogen-bond donors (Lipinski definition) is 1. The van der Waals surface area contributed by atoms with Gasteiger partial charge in [0.1, 0.15) is 5.82 Å². The molecule has 1 N–H and O–H groups in total. The Kier molecular flexibility index (Phi) is 4.45. The van der Waals surface area contributed by atoms with Gasteiger partial charge in [-0.2, -0.15) is 0 Å². The standard InChI is InChI=1S/C16H25N3O/c1-5-10-19-14-9-7-6-8-13(14)17-15(19)11-18(4)12-16(2,3)20/h6-9,20H,5,10-12H2,1-4H3. The molecule has 0 amide bonds. The summed E-state index contributed by atoms with van der Waals surface area (Å²) in [5.74, 6) is 1.07. The number of imidazole rings is 1. The van der Waals surface area contributed by atoms with E-state index in [1.807, 2.05) is 27.0 Å². The van der Waals surface area contributed by atoms with E-state index in [1.165, 1.54) is 5.52 Å². The van der Waals surface area contributed by atoms with Gasteiger partial charge in [-0.15, -0.1) is 0 Å². The second-order valence-electron chi connectivity index (χ2n) is 6.15. The van der Waals surface area contributed by atoms with Crippen LogP contribution in [-0.4, -0.2) is 38.8 Å². The Balaban J connectivity index is 2.26. The van der Waals surface area contributed by atoms with E-state index >= 15 is 0 Å². The molecule has 0 unspecified atom stereocenters. The highest BCUT2D eigenvalue weighted by Crippen LogP contribution is 2.18. The molecule has 0 atom stereocenters. The topological polar surface area (TPSA) is 41.3 Å². The first-order valence-electron chi connectivity index (χ1n) is 7.26. The highest BCUT2D eigenvalue weighted by atomic mass is 16.3. The maximum Gasteiger partial charge on any atom is 0.124 e. The molecule has 110 valence electrons. The van der Waals surface area contributed by atoms with Gasteiger partial charge in [-0.3, -0.25) is 4.90 Å². The van der Waals surface area contributed by atoms with Crippen LogP contribution in [0.4, 0.5) is 0 Å². The Hall–Kier alpha value is -1.39. The summed E-state index contributed by atoms with van der Waals surface area (Å²) < 4.78 is 2.29. The fourth-order valence-electron chi connectivity index (χ4n) is 2.68. The summed E-state index contributed by atoms with van der Waals surface area (Å²) in [7, 11) is 2.02. The van der Waals surface area contributed by atoms with E-state index in [2.05, 4.69) is 34.6 Å².